The summed E-state index contributed by atoms with van der Waals surface area (Å²) in [4.78, 5) is 22.9. The van der Waals surface area contributed by atoms with Crippen LogP contribution in [0.4, 0.5) is 0 Å². The predicted octanol–water partition coefficient (Wildman–Crippen LogP) is 1.78. The second-order valence-corrected chi connectivity index (χ2v) is 4.12. The molecule has 0 spiro atoms. The van der Waals surface area contributed by atoms with Gasteiger partial charge in [-0.25, -0.2) is 0 Å². The Morgan fingerprint density at radius 3 is 2.25 bits per heavy atom. The molecule has 3 nitrogen and oxygen atoms in total. The average Bonchev–Trinajstić information content (AvgIpc) is 3.04. The minimum atomic E-state index is -0.287. The van der Waals surface area contributed by atoms with Crippen molar-refractivity contribution in [3.8, 4) is 0 Å². The molecule has 3 atom stereocenters. The van der Waals surface area contributed by atoms with Gasteiger partial charge in [0.1, 0.15) is 5.78 Å². The fourth-order valence-electron chi connectivity index (χ4n) is 2.34. The van der Waals surface area contributed by atoms with Crippen LogP contribution in [-0.4, -0.2) is 18.9 Å². The summed E-state index contributed by atoms with van der Waals surface area (Å²) in [5.74, 6) is -0.704. The average molecular weight is 218 g/mol. The minimum Gasteiger partial charge on any atom is -0.469 e. The fourth-order valence-corrected chi connectivity index (χ4v) is 2.34. The Bertz CT molecular complexity index is 410. The van der Waals surface area contributed by atoms with Gasteiger partial charge < -0.3 is 4.74 Å². The van der Waals surface area contributed by atoms with Gasteiger partial charge in [-0.3, -0.25) is 9.59 Å². The zero-order chi connectivity index (χ0) is 11.7. The van der Waals surface area contributed by atoms with Crippen LogP contribution in [0, 0.1) is 11.8 Å². The first-order valence-corrected chi connectivity index (χ1v) is 5.30. The lowest BCUT2D eigenvalue weighted by Crippen LogP contribution is -2.07. The molecule has 0 aliphatic heterocycles. The fraction of sp³-hybridized carbons (Fsp3) is 0.385. The maximum Gasteiger partial charge on any atom is 0.310 e. The molecular weight excluding hydrogens is 204 g/mol. The van der Waals surface area contributed by atoms with E-state index < -0.39 is 0 Å². The molecular formula is C13H14O3. The van der Waals surface area contributed by atoms with Crippen molar-refractivity contribution in [1.82, 2.24) is 0 Å². The molecule has 0 unspecified atom stereocenters. The number of esters is 1. The first-order chi connectivity index (χ1) is 7.66. The molecule has 2 rings (SSSR count). The Morgan fingerprint density at radius 2 is 1.75 bits per heavy atom. The van der Waals surface area contributed by atoms with Crippen LogP contribution >= 0.6 is 0 Å². The molecule has 16 heavy (non-hydrogen) atoms. The Balaban J connectivity index is 2.23. The molecule has 0 bridgehead atoms. The van der Waals surface area contributed by atoms with E-state index in [0.29, 0.717) is 0 Å². The molecule has 84 valence electrons. The normalized spacial score (nSPS) is 27.2. The molecule has 0 saturated heterocycles. The molecule has 0 aromatic heterocycles. The van der Waals surface area contributed by atoms with Crippen molar-refractivity contribution >= 4 is 11.8 Å². The van der Waals surface area contributed by atoms with E-state index in [9.17, 15) is 9.59 Å². The van der Waals surface area contributed by atoms with Crippen LogP contribution < -0.4 is 0 Å². The van der Waals surface area contributed by atoms with E-state index >= 15 is 0 Å². The van der Waals surface area contributed by atoms with Crippen LogP contribution in [0.1, 0.15) is 18.4 Å². The predicted molar refractivity (Wildman–Crippen MR) is 58.9 cm³/mol. The molecule has 1 aliphatic carbocycles. The Morgan fingerprint density at radius 1 is 1.12 bits per heavy atom. The van der Waals surface area contributed by atoms with Gasteiger partial charge in [-0.05, 0) is 12.5 Å². The van der Waals surface area contributed by atoms with Crippen LogP contribution in [-0.2, 0) is 14.3 Å². The number of carbonyl (C=O) groups excluding carboxylic acids is 2. The number of methoxy groups -OCH3 is 1. The number of rotatable bonds is 3. The van der Waals surface area contributed by atoms with Gasteiger partial charge >= 0.3 is 5.97 Å². The van der Waals surface area contributed by atoms with Gasteiger partial charge in [0.05, 0.1) is 13.0 Å². The van der Waals surface area contributed by atoms with E-state index in [1.807, 2.05) is 30.3 Å². The van der Waals surface area contributed by atoms with Gasteiger partial charge in [0.25, 0.3) is 0 Å². The zero-order valence-corrected chi connectivity index (χ0v) is 9.34. The van der Waals surface area contributed by atoms with Gasteiger partial charge in [0, 0.05) is 11.8 Å². The summed E-state index contributed by atoms with van der Waals surface area (Å²) in [5.41, 5.74) is 1.04. The summed E-state index contributed by atoms with van der Waals surface area (Å²) in [7, 11) is 1.36. The number of carbonyl (C=O) groups is 2. The third-order valence-corrected chi connectivity index (χ3v) is 3.15. The Hall–Kier alpha value is -1.64. The second kappa shape index (κ2) is 4.08. The highest BCUT2D eigenvalue weighted by Crippen LogP contribution is 2.54. The van der Waals surface area contributed by atoms with Crippen molar-refractivity contribution in [2.45, 2.75) is 12.8 Å². The number of Topliss-reactive ketones (excluding diaryl/α,β-unsaturated/α-hetero) is 1. The zero-order valence-electron chi connectivity index (χ0n) is 9.34. The molecule has 0 amide bonds. The summed E-state index contributed by atoms with van der Waals surface area (Å²) in [6.45, 7) is 1.53. The van der Waals surface area contributed by atoms with Gasteiger partial charge in [-0.15, -0.1) is 0 Å². The van der Waals surface area contributed by atoms with Crippen LogP contribution in [0.3, 0.4) is 0 Å². The minimum absolute atomic E-state index is 0.00569. The number of ketones is 1. The van der Waals surface area contributed by atoms with E-state index in [4.69, 9.17) is 4.74 Å². The van der Waals surface area contributed by atoms with Crippen molar-refractivity contribution in [3.63, 3.8) is 0 Å². The van der Waals surface area contributed by atoms with E-state index in [2.05, 4.69) is 0 Å². The molecule has 1 aromatic carbocycles. The summed E-state index contributed by atoms with van der Waals surface area (Å²) < 4.78 is 4.72. The van der Waals surface area contributed by atoms with Crippen molar-refractivity contribution < 1.29 is 14.3 Å². The van der Waals surface area contributed by atoms with Crippen LogP contribution in [0.5, 0.6) is 0 Å². The van der Waals surface area contributed by atoms with Crippen LogP contribution in [0.25, 0.3) is 0 Å². The lowest BCUT2D eigenvalue weighted by atomic mass is 10.1. The van der Waals surface area contributed by atoms with E-state index in [-0.39, 0.29) is 29.5 Å². The van der Waals surface area contributed by atoms with E-state index in [1.165, 1.54) is 14.0 Å². The molecule has 1 saturated carbocycles. The second-order valence-electron chi connectivity index (χ2n) is 4.12. The summed E-state index contributed by atoms with van der Waals surface area (Å²) in [5, 5.41) is 0. The number of ether oxygens (including phenoxy) is 1. The third kappa shape index (κ3) is 1.73. The van der Waals surface area contributed by atoms with Crippen molar-refractivity contribution in [1.29, 1.82) is 0 Å². The lowest BCUT2D eigenvalue weighted by Gasteiger charge is -1.98. The summed E-state index contributed by atoms with van der Waals surface area (Å²) in [6, 6.07) is 9.65. The monoisotopic (exact) mass is 218 g/mol. The van der Waals surface area contributed by atoms with Crippen molar-refractivity contribution in [2.24, 2.45) is 11.8 Å². The molecule has 0 radical (unpaired) electrons. The van der Waals surface area contributed by atoms with Crippen LogP contribution in [0.2, 0.25) is 0 Å². The number of hydrogen-bond donors (Lipinski definition) is 0. The largest absolute Gasteiger partial charge is 0.469 e. The molecule has 0 N–H and O–H groups in total. The summed E-state index contributed by atoms with van der Waals surface area (Å²) >= 11 is 0. The Kier molecular flexibility index (Phi) is 2.77. The van der Waals surface area contributed by atoms with Crippen LogP contribution in [0.15, 0.2) is 30.3 Å². The first kappa shape index (κ1) is 10.9. The highest BCUT2D eigenvalue weighted by molar-refractivity contribution is 5.92. The highest BCUT2D eigenvalue weighted by atomic mass is 16.5. The molecule has 0 heterocycles. The smallest absolute Gasteiger partial charge is 0.310 e. The molecule has 1 fully saturated rings. The SMILES string of the molecule is COC(=O)[C@@H]1[C@@H](C(C)=O)[C@@H]1c1ccccc1. The van der Waals surface area contributed by atoms with Gasteiger partial charge in [0.15, 0.2) is 0 Å². The summed E-state index contributed by atoms with van der Waals surface area (Å²) in [6.07, 6.45) is 0. The van der Waals surface area contributed by atoms with Crippen molar-refractivity contribution in [3.05, 3.63) is 35.9 Å². The highest BCUT2D eigenvalue weighted by Gasteiger charge is 2.58. The third-order valence-electron chi connectivity index (χ3n) is 3.15. The molecule has 3 heteroatoms. The first-order valence-electron chi connectivity index (χ1n) is 5.30. The molecule has 1 aromatic rings. The number of hydrogen-bond acceptors (Lipinski definition) is 3. The number of benzene rings is 1. The topological polar surface area (TPSA) is 43.4 Å². The van der Waals surface area contributed by atoms with Gasteiger partial charge in [0.2, 0.25) is 0 Å². The Labute approximate surface area is 94.4 Å². The quantitative estimate of drug-likeness (QED) is 0.726. The molecule has 1 aliphatic rings. The van der Waals surface area contributed by atoms with E-state index in [1.54, 1.807) is 0 Å². The standard InChI is InChI=1S/C13H14O3/c1-8(14)10-11(12(10)13(15)16-2)9-6-4-3-5-7-9/h3-7,10-12H,1-2H3/t10-,11-,12+/m0/s1. The van der Waals surface area contributed by atoms with Gasteiger partial charge in [-0.2, -0.15) is 0 Å². The lowest BCUT2D eigenvalue weighted by molar-refractivity contribution is -0.143. The van der Waals surface area contributed by atoms with E-state index in [0.717, 1.165) is 5.56 Å². The van der Waals surface area contributed by atoms with Gasteiger partial charge in [-0.1, -0.05) is 30.3 Å². The maximum atomic E-state index is 11.5. The van der Waals surface area contributed by atoms with Crippen molar-refractivity contribution in [2.75, 3.05) is 7.11 Å². The maximum absolute atomic E-state index is 11.5.